The Hall–Kier alpha value is -3.77. The van der Waals surface area contributed by atoms with E-state index in [4.69, 9.17) is 16.0 Å². The molecule has 11 nitrogen and oxygen atoms in total. The van der Waals surface area contributed by atoms with Crippen LogP contribution in [0.15, 0.2) is 58.6 Å². The first kappa shape index (κ1) is 25.5. The zero-order chi connectivity index (χ0) is 24.4. The molecule has 0 unspecified atom stereocenters. The van der Waals surface area contributed by atoms with E-state index < -0.39 is 34.5 Å². The first-order chi connectivity index (χ1) is 15.6. The number of nitrogens with two attached hydrogens (primary N) is 1. The van der Waals surface area contributed by atoms with E-state index in [0.29, 0.717) is 16.7 Å². The van der Waals surface area contributed by atoms with E-state index in [9.17, 15) is 23.1 Å². The SMILES string of the molecule is Cc1cccc(S(=O)(=O)N[C@@H](CNC(=O)CCON=Cc2ccc(C(=N)N)cc2)C(=O)O)c1. The zero-order valence-corrected chi connectivity index (χ0v) is 18.6. The number of nitrogens with one attached hydrogen (secondary N) is 3. The fraction of sp³-hybridized carbons (Fsp3) is 0.238. The molecule has 0 fully saturated rings. The average Bonchev–Trinajstić information content (AvgIpc) is 2.76. The Morgan fingerprint density at radius 1 is 1.24 bits per heavy atom. The highest BCUT2D eigenvalue weighted by molar-refractivity contribution is 7.89. The number of carboxylic acid groups (broad SMARTS) is 1. The highest BCUT2D eigenvalue weighted by Crippen LogP contribution is 2.11. The molecule has 12 heteroatoms. The molecular formula is C21H25N5O6S. The quantitative estimate of drug-likeness (QED) is 0.128. The van der Waals surface area contributed by atoms with E-state index in [0.717, 1.165) is 0 Å². The van der Waals surface area contributed by atoms with Crippen molar-refractivity contribution in [2.24, 2.45) is 10.9 Å². The van der Waals surface area contributed by atoms with Crippen LogP contribution in [-0.2, 0) is 24.4 Å². The van der Waals surface area contributed by atoms with Gasteiger partial charge in [0.2, 0.25) is 15.9 Å². The fourth-order valence-corrected chi connectivity index (χ4v) is 3.85. The van der Waals surface area contributed by atoms with Crippen LogP contribution in [0.25, 0.3) is 0 Å². The minimum atomic E-state index is -4.08. The molecule has 0 aromatic heterocycles. The molecule has 1 amide bonds. The van der Waals surface area contributed by atoms with Crippen LogP contribution in [0.4, 0.5) is 0 Å². The minimum Gasteiger partial charge on any atom is -0.480 e. The summed E-state index contributed by atoms with van der Waals surface area (Å²) in [4.78, 5) is 28.3. The number of amidine groups is 1. The van der Waals surface area contributed by atoms with E-state index in [2.05, 4.69) is 15.2 Å². The van der Waals surface area contributed by atoms with Gasteiger partial charge in [-0.25, -0.2) is 8.42 Å². The summed E-state index contributed by atoms with van der Waals surface area (Å²) in [7, 11) is -4.08. The molecule has 0 radical (unpaired) electrons. The summed E-state index contributed by atoms with van der Waals surface area (Å²) in [5, 5.41) is 22.7. The molecule has 0 aliphatic heterocycles. The number of amides is 1. The Morgan fingerprint density at radius 3 is 2.55 bits per heavy atom. The van der Waals surface area contributed by atoms with Crippen LogP contribution < -0.4 is 15.8 Å². The van der Waals surface area contributed by atoms with Crippen molar-refractivity contribution in [3.63, 3.8) is 0 Å². The van der Waals surface area contributed by atoms with Crippen molar-refractivity contribution < 1.29 is 28.0 Å². The average molecular weight is 476 g/mol. The summed E-state index contributed by atoms with van der Waals surface area (Å²) in [5.74, 6) is -2.01. The van der Waals surface area contributed by atoms with Crippen LogP contribution in [0.5, 0.6) is 0 Å². The third kappa shape index (κ3) is 8.35. The Bertz CT molecular complexity index is 1130. The van der Waals surface area contributed by atoms with E-state index in [1.807, 2.05) is 0 Å². The molecule has 2 aromatic carbocycles. The van der Waals surface area contributed by atoms with Gasteiger partial charge in [0.15, 0.2) is 0 Å². The number of hydrogen-bond donors (Lipinski definition) is 5. The molecule has 176 valence electrons. The summed E-state index contributed by atoms with van der Waals surface area (Å²) >= 11 is 0. The van der Waals surface area contributed by atoms with Gasteiger partial charge in [-0.1, -0.05) is 41.6 Å². The van der Waals surface area contributed by atoms with E-state index >= 15 is 0 Å². The Morgan fingerprint density at radius 2 is 1.94 bits per heavy atom. The number of carbonyl (C=O) groups excluding carboxylic acids is 1. The largest absolute Gasteiger partial charge is 0.480 e. The van der Waals surface area contributed by atoms with E-state index in [1.165, 1.54) is 18.3 Å². The molecule has 2 rings (SSSR count). The van der Waals surface area contributed by atoms with Crippen molar-refractivity contribution in [3.05, 3.63) is 65.2 Å². The maximum atomic E-state index is 12.4. The van der Waals surface area contributed by atoms with Gasteiger partial charge in [0, 0.05) is 12.1 Å². The predicted molar refractivity (Wildman–Crippen MR) is 122 cm³/mol. The Labute approximate surface area is 191 Å². The second-order valence-electron chi connectivity index (χ2n) is 6.99. The zero-order valence-electron chi connectivity index (χ0n) is 17.8. The lowest BCUT2D eigenvalue weighted by atomic mass is 10.1. The van der Waals surface area contributed by atoms with Gasteiger partial charge in [-0.2, -0.15) is 4.72 Å². The number of rotatable bonds is 12. The fourth-order valence-electron chi connectivity index (χ4n) is 2.56. The number of nitrogen functional groups attached to an aromatic ring is 1. The molecule has 0 bridgehead atoms. The molecule has 0 saturated heterocycles. The second-order valence-corrected chi connectivity index (χ2v) is 8.70. The van der Waals surface area contributed by atoms with Crippen LogP contribution in [-0.4, -0.2) is 56.6 Å². The van der Waals surface area contributed by atoms with Gasteiger partial charge in [0.1, 0.15) is 18.5 Å². The molecule has 33 heavy (non-hydrogen) atoms. The predicted octanol–water partition coefficient (Wildman–Crippen LogP) is 0.568. The number of hydrogen-bond acceptors (Lipinski definition) is 7. The third-order valence-corrected chi connectivity index (χ3v) is 5.79. The lowest BCUT2D eigenvalue weighted by molar-refractivity contribution is -0.138. The summed E-state index contributed by atoms with van der Waals surface area (Å²) in [6.07, 6.45) is 1.31. The van der Waals surface area contributed by atoms with Crippen LogP contribution in [0.1, 0.15) is 23.1 Å². The van der Waals surface area contributed by atoms with Crippen molar-refractivity contribution in [1.29, 1.82) is 5.41 Å². The number of oxime groups is 1. The normalized spacial score (nSPS) is 12.3. The number of aliphatic carboxylic acids is 1. The summed E-state index contributed by atoms with van der Waals surface area (Å²) in [5.41, 5.74) is 7.36. The molecule has 6 N–H and O–H groups in total. The van der Waals surface area contributed by atoms with Crippen molar-refractivity contribution in [2.75, 3.05) is 13.2 Å². The van der Waals surface area contributed by atoms with Gasteiger partial charge >= 0.3 is 5.97 Å². The molecule has 1 atom stereocenters. The van der Waals surface area contributed by atoms with Crippen LogP contribution >= 0.6 is 0 Å². The van der Waals surface area contributed by atoms with Crippen molar-refractivity contribution >= 4 is 33.9 Å². The number of nitrogens with zero attached hydrogens (tertiary/aromatic N) is 1. The third-order valence-electron chi connectivity index (χ3n) is 4.32. The maximum Gasteiger partial charge on any atom is 0.323 e. The number of sulfonamides is 1. The van der Waals surface area contributed by atoms with Gasteiger partial charge in [-0.3, -0.25) is 15.0 Å². The smallest absolute Gasteiger partial charge is 0.323 e. The highest BCUT2D eigenvalue weighted by atomic mass is 32.2. The van der Waals surface area contributed by atoms with Gasteiger partial charge in [0.05, 0.1) is 17.5 Å². The van der Waals surface area contributed by atoms with Crippen molar-refractivity contribution in [3.8, 4) is 0 Å². The van der Waals surface area contributed by atoms with Gasteiger partial charge in [0.25, 0.3) is 0 Å². The maximum absolute atomic E-state index is 12.4. The van der Waals surface area contributed by atoms with Gasteiger partial charge in [-0.15, -0.1) is 0 Å². The Balaban J connectivity index is 1.79. The molecule has 0 saturated carbocycles. The van der Waals surface area contributed by atoms with Gasteiger partial charge < -0.3 is 21.0 Å². The molecule has 0 aliphatic rings. The molecule has 0 aliphatic carbocycles. The molecule has 0 heterocycles. The number of carboxylic acids is 1. The van der Waals surface area contributed by atoms with E-state index in [-0.39, 0.29) is 23.8 Å². The minimum absolute atomic E-state index is 0.0474. The number of carbonyl (C=O) groups is 2. The van der Waals surface area contributed by atoms with Crippen LogP contribution in [0, 0.1) is 12.3 Å². The number of aryl methyl sites for hydroxylation is 1. The molecule has 2 aromatic rings. The Kier molecular flexibility index (Phi) is 9.07. The van der Waals surface area contributed by atoms with Crippen molar-refractivity contribution in [2.45, 2.75) is 24.3 Å². The molecule has 0 spiro atoms. The van der Waals surface area contributed by atoms with Crippen LogP contribution in [0.2, 0.25) is 0 Å². The number of benzene rings is 2. The molecular weight excluding hydrogens is 450 g/mol. The first-order valence-corrected chi connectivity index (χ1v) is 11.2. The van der Waals surface area contributed by atoms with E-state index in [1.54, 1.807) is 43.3 Å². The standard InChI is InChI=1S/C21H25N5O6S/c1-14-3-2-4-17(11-14)33(30,31)26-18(21(28)29)13-24-19(27)9-10-32-25-12-15-5-7-16(8-6-15)20(22)23/h2-8,11-12,18,26H,9-10,13H2,1H3,(H3,22,23)(H,24,27)(H,28,29)/t18-/m0/s1. The highest BCUT2D eigenvalue weighted by Gasteiger charge is 2.26. The van der Waals surface area contributed by atoms with Crippen molar-refractivity contribution in [1.82, 2.24) is 10.0 Å². The second kappa shape index (κ2) is 11.7. The van der Waals surface area contributed by atoms with Crippen LogP contribution in [0.3, 0.4) is 0 Å². The lowest BCUT2D eigenvalue weighted by Crippen LogP contribution is -2.48. The summed E-state index contributed by atoms with van der Waals surface area (Å²) in [6.45, 7) is 1.20. The monoisotopic (exact) mass is 475 g/mol. The topological polar surface area (TPSA) is 184 Å². The lowest BCUT2D eigenvalue weighted by Gasteiger charge is -2.15. The summed E-state index contributed by atoms with van der Waals surface area (Å²) < 4.78 is 26.9. The first-order valence-electron chi connectivity index (χ1n) is 9.77. The van der Waals surface area contributed by atoms with Gasteiger partial charge in [-0.05, 0) is 30.2 Å². The summed E-state index contributed by atoms with van der Waals surface area (Å²) in [6, 6.07) is 11.2.